The summed E-state index contributed by atoms with van der Waals surface area (Å²) in [6.07, 6.45) is 3.03. The first-order valence-electron chi connectivity index (χ1n) is 11.0. The summed E-state index contributed by atoms with van der Waals surface area (Å²) in [7, 11) is -2.46. The van der Waals surface area contributed by atoms with Crippen LogP contribution < -0.4 is 10.4 Å². The average Bonchev–Trinajstić information content (AvgIpc) is 3.23. The molecule has 0 amide bonds. The lowest BCUT2D eigenvalue weighted by Crippen LogP contribution is -2.68. The summed E-state index contributed by atoms with van der Waals surface area (Å²) in [5, 5.41) is 2.87. The molecule has 2 aromatic carbocycles. The molecule has 0 aromatic heterocycles. The Kier molecular flexibility index (Phi) is 4.87. The van der Waals surface area contributed by atoms with Crippen LogP contribution in [0, 0.1) is 23.2 Å². The third-order valence-corrected chi connectivity index (χ3v) is 12.7. The molecule has 2 heteroatoms. The monoisotopic (exact) mass is 392 g/mol. The summed E-state index contributed by atoms with van der Waals surface area (Å²) < 4.78 is 7.56. The molecule has 2 aromatic rings. The zero-order chi connectivity index (χ0) is 20.2. The highest BCUT2D eigenvalue weighted by Crippen LogP contribution is 2.67. The highest BCUT2D eigenvalue weighted by atomic mass is 28.4. The summed E-state index contributed by atoms with van der Waals surface area (Å²) in [5.74, 6) is 2.18. The molecule has 0 radical (unpaired) electrons. The van der Waals surface area contributed by atoms with Crippen LogP contribution in [0.5, 0.6) is 0 Å². The van der Waals surface area contributed by atoms with Gasteiger partial charge in [0.1, 0.15) is 0 Å². The van der Waals surface area contributed by atoms with Crippen molar-refractivity contribution in [2.45, 2.75) is 65.5 Å². The van der Waals surface area contributed by atoms with E-state index in [1.807, 2.05) is 0 Å². The van der Waals surface area contributed by atoms with Crippen LogP contribution in [-0.4, -0.2) is 14.4 Å². The van der Waals surface area contributed by atoms with Gasteiger partial charge in [-0.15, -0.1) is 0 Å². The summed E-state index contributed by atoms with van der Waals surface area (Å²) in [6, 6.07) is 22.2. The number of hydrogen-bond acceptors (Lipinski definition) is 1. The zero-order valence-corrected chi connectivity index (χ0v) is 19.4. The minimum Gasteiger partial charge on any atom is -0.404 e. The third-order valence-electron chi connectivity index (χ3n) is 7.72. The van der Waals surface area contributed by atoms with E-state index in [0.717, 1.165) is 5.92 Å². The number of fused-ring (bicyclic) bond motifs is 1. The fourth-order valence-corrected chi connectivity index (χ4v) is 10.8. The molecule has 0 N–H and O–H groups in total. The van der Waals surface area contributed by atoms with E-state index in [-0.39, 0.29) is 5.04 Å². The number of hydrogen-bond donors (Lipinski definition) is 0. The van der Waals surface area contributed by atoms with Gasteiger partial charge in [0.05, 0.1) is 6.10 Å². The number of benzene rings is 2. The maximum atomic E-state index is 7.56. The molecule has 0 aliphatic heterocycles. The lowest BCUT2D eigenvalue weighted by Gasteiger charge is -2.47. The molecule has 4 atom stereocenters. The highest BCUT2D eigenvalue weighted by molar-refractivity contribution is 6.99. The molecule has 0 bridgehead atoms. The minimum absolute atomic E-state index is 0.0569. The van der Waals surface area contributed by atoms with E-state index in [4.69, 9.17) is 4.43 Å². The maximum Gasteiger partial charge on any atom is 0.261 e. The first-order valence-corrected chi connectivity index (χ1v) is 12.9. The van der Waals surface area contributed by atoms with Gasteiger partial charge in [-0.25, -0.2) is 0 Å². The molecule has 0 heterocycles. The van der Waals surface area contributed by atoms with Gasteiger partial charge in [0, 0.05) is 0 Å². The van der Waals surface area contributed by atoms with E-state index in [9.17, 15) is 0 Å². The second-order valence-corrected chi connectivity index (χ2v) is 15.0. The largest absolute Gasteiger partial charge is 0.404 e. The minimum atomic E-state index is -2.46. The Hall–Kier alpha value is -1.38. The van der Waals surface area contributed by atoms with Gasteiger partial charge in [0.25, 0.3) is 8.32 Å². The van der Waals surface area contributed by atoms with Crippen molar-refractivity contribution in [3.63, 3.8) is 0 Å². The van der Waals surface area contributed by atoms with Crippen LogP contribution in [0.1, 0.15) is 54.4 Å². The van der Waals surface area contributed by atoms with Gasteiger partial charge in [0.2, 0.25) is 0 Å². The lowest BCUT2D eigenvalue weighted by molar-refractivity contribution is 0.0748. The van der Waals surface area contributed by atoms with Crippen LogP contribution in [0.2, 0.25) is 5.04 Å². The van der Waals surface area contributed by atoms with Crippen LogP contribution in [-0.2, 0) is 4.43 Å². The highest BCUT2D eigenvalue weighted by Gasteiger charge is 2.65. The predicted octanol–water partition coefficient (Wildman–Crippen LogP) is 5.63. The average molecular weight is 393 g/mol. The molecular weight excluding hydrogens is 356 g/mol. The Morgan fingerprint density at radius 2 is 1.36 bits per heavy atom. The predicted molar refractivity (Wildman–Crippen MR) is 122 cm³/mol. The Labute approximate surface area is 172 Å². The molecular formula is C26H36OSi. The molecule has 1 nitrogen and oxygen atoms in total. The molecule has 2 fully saturated rings. The molecule has 28 heavy (non-hydrogen) atoms. The normalized spacial score (nSPS) is 29.2. The summed E-state index contributed by atoms with van der Waals surface area (Å²) in [4.78, 5) is 0. The van der Waals surface area contributed by atoms with E-state index in [2.05, 4.69) is 102 Å². The van der Waals surface area contributed by atoms with Crippen molar-refractivity contribution >= 4 is 18.7 Å². The van der Waals surface area contributed by atoms with Gasteiger partial charge in [-0.05, 0) is 51.4 Å². The van der Waals surface area contributed by atoms with Gasteiger partial charge < -0.3 is 4.43 Å². The Balaban J connectivity index is 1.86. The molecule has 0 spiro atoms. The summed E-state index contributed by atoms with van der Waals surface area (Å²) in [5.41, 5.74) is 0.431. The van der Waals surface area contributed by atoms with Crippen LogP contribution in [0.3, 0.4) is 0 Å². The summed E-state index contributed by atoms with van der Waals surface area (Å²) >= 11 is 0. The van der Waals surface area contributed by atoms with E-state index in [1.165, 1.54) is 23.2 Å². The van der Waals surface area contributed by atoms with Crippen LogP contribution >= 0.6 is 0 Å². The van der Waals surface area contributed by atoms with Crippen molar-refractivity contribution in [3.05, 3.63) is 60.7 Å². The quantitative estimate of drug-likeness (QED) is 0.612. The lowest BCUT2D eigenvalue weighted by atomic mass is 9.88. The maximum absolute atomic E-state index is 7.56. The van der Waals surface area contributed by atoms with Crippen molar-refractivity contribution in [1.29, 1.82) is 0 Å². The first kappa shape index (κ1) is 19.9. The van der Waals surface area contributed by atoms with Crippen LogP contribution in [0.15, 0.2) is 60.7 Å². The van der Waals surface area contributed by atoms with E-state index < -0.39 is 8.32 Å². The Morgan fingerprint density at radius 3 is 1.82 bits per heavy atom. The second kappa shape index (κ2) is 6.85. The van der Waals surface area contributed by atoms with Gasteiger partial charge in [-0.3, -0.25) is 0 Å². The molecule has 4 rings (SSSR count). The fraction of sp³-hybridized carbons (Fsp3) is 0.538. The first-order chi connectivity index (χ1) is 13.2. The fourth-order valence-electron chi connectivity index (χ4n) is 6.04. The van der Waals surface area contributed by atoms with E-state index in [1.54, 1.807) is 0 Å². The van der Waals surface area contributed by atoms with Gasteiger partial charge >= 0.3 is 0 Å². The SMILES string of the molecule is C[C@H]1CC[C@@H]2[C@H]([C@@H]1O[Si](c1ccccc1)(c1ccccc1)C(C)(C)C)C2(C)C. The molecule has 0 saturated heterocycles. The molecule has 2 saturated carbocycles. The van der Waals surface area contributed by atoms with Crippen molar-refractivity contribution in [2.75, 3.05) is 0 Å². The summed E-state index contributed by atoms with van der Waals surface area (Å²) in [6.45, 7) is 14.5. The van der Waals surface area contributed by atoms with Crippen molar-refractivity contribution < 1.29 is 4.43 Å². The Bertz CT molecular complexity index is 766. The second-order valence-electron chi connectivity index (χ2n) is 10.8. The molecule has 2 aliphatic carbocycles. The molecule has 150 valence electrons. The van der Waals surface area contributed by atoms with Crippen LogP contribution in [0.4, 0.5) is 0 Å². The van der Waals surface area contributed by atoms with E-state index >= 15 is 0 Å². The van der Waals surface area contributed by atoms with Crippen LogP contribution in [0.25, 0.3) is 0 Å². The standard InChI is InChI=1S/C26H36OSi/c1-19-17-18-22-23(26(22,5)6)24(19)27-28(25(2,3)4,20-13-9-7-10-14-20)21-15-11-8-12-16-21/h7-16,19,22-24H,17-18H2,1-6H3/t19-,22+,23+,24+/m0/s1. The smallest absolute Gasteiger partial charge is 0.261 e. The topological polar surface area (TPSA) is 9.23 Å². The van der Waals surface area contributed by atoms with Crippen molar-refractivity contribution in [2.24, 2.45) is 23.2 Å². The molecule has 0 unspecified atom stereocenters. The van der Waals surface area contributed by atoms with Crippen molar-refractivity contribution in [1.82, 2.24) is 0 Å². The Morgan fingerprint density at radius 1 is 0.857 bits per heavy atom. The number of rotatable bonds is 4. The third kappa shape index (κ3) is 3.00. The van der Waals surface area contributed by atoms with Gasteiger partial charge in [-0.2, -0.15) is 0 Å². The van der Waals surface area contributed by atoms with Crippen molar-refractivity contribution in [3.8, 4) is 0 Å². The zero-order valence-electron chi connectivity index (χ0n) is 18.4. The van der Waals surface area contributed by atoms with Gasteiger partial charge in [-0.1, -0.05) is 102 Å². The van der Waals surface area contributed by atoms with E-state index in [0.29, 0.717) is 23.4 Å². The van der Waals surface area contributed by atoms with Gasteiger partial charge in [0.15, 0.2) is 0 Å². The molecule has 2 aliphatic rings.